The van der Waals surface area contributed by atoms with E-state index >= 15 is 0 Å². The van der Waals surface area contributed by atoms with E-state index in [1.807, 2.05) is 30.3 Å². The number of halogens is 2. The van der Waals surface area contributed by atoms with Gasteiger partial charge in [0.05, 0.1) is 6.61 Å². The molecule has 0 unspecified atom stereocenters. The minimum absolute atomic E-state index is 0.0328. The Morgan fingerprint density at radius 2 is 1.89 bits per heavy atom. The van der Waals surface area contributed by atoms with E-state index in [1.54, 1.807) is 18.2 Å². The second kappa shape index (κ2) is 6.85. The van der Waals surface area contributed by atoms with Crippen molar-refractivity contribution in [1.82, 2.24) is 0 Å². The molecule has 0 fully saturated rings. The van der Waals surface area contributed by atoms with Crippen molar-refractivity contribution in [1.29, 1.82) is 0 Å². The third-order valence-electron chi connectivity index (χ3n) is 2.56. The van der Waals surface area contributed by atoms with Crippen LogP contribution >= 0.6 is 27.5 Å². The van der Waals surface area contributed by atoms with Crippen LogP contribution in [0.3, 0.4) is 0 Å². The molecule has 0 heterocycles. The fraction of sp³-hybridized carbons (Fsp3) is 0.133. The second-order valence-corrected chi connectivity index (χ2v) is 5.40. The standard InChI is InChI=1S/C15H12BrClO2/c16-13-6-4-12(5-7-13)15(18)10-19-9-11-2-1-3-14(17)8-11/h1-8H,9-10H2. The van der Waals surface area contributed by atoms with Crippen molar-refractivity contribution in [2.45, 2.75) is 6.61 Å². The summed E-state index contributed by atoms with van der Waals surface area (Å²) in [6.45, 7) is 0.441. The summed E-state index contributed by atoms with van der Waals surface area (Å²) in [6, 6.07) is 14.6. The van der Waals surface area contributed by atoms with Crippen molar-refractivity contribution in [2.24, 2.45) is 0 Å². The van der Waals surface area contributed by atoms with Gasteiger partial charge in [-0.15, -0.1) is 0 Å². The Balaban J connectivity index is 1.86. The van der Waals surface area contributed by atoms with E-state index in [0.717, 1.165) is 10.0 Å². The Labute approximate surface area is 125 Å². The molecule has 19 heavy (non-hydrogen) atoms. The van der Waals surface area contributed by atoms with E-state index in [-0.39, 0.29) is 12.4 Å². The van der Waals surface area contributed by atoms with Gasteiger partial charge in [-0.1, -0.05) is 51.8 Å². The van der Waals surface area contributed by atoms with Gasteiger partial charge in [0.15, 0.2) is 5.78 Å². The molecule has 0 spiro atoms. The van der Waals surface area contributed by atoms with Crippen LogP contribution in [0.5, 0.6) is 0 Å². The molecule has 0 N–H and O–H groups in total. The van der Waals surface area contributed by atoms with Gasteiger partial charge in [-0.05, 0) is 29.8 Å². The van der Waals surface area contributed by atoms with Crippen LogP contribution in [0.25, 0.3) is 0 Å². The molecule has 0 amide bonds. The molecule has 0 aliphatic carbocycles. The Bertz CT molecular complexity index is 567. The highest BCUT2D eigenvalue weighted by molar-refractivity contribution is 9.10. The van der Waals surface area contributed by atoms with Crippen molar-refractivity contribution in [3.63, 3.8) is 0 Å². The third kappa shape index (κ3) is 4.46. The summed E-state index contributed by atoms with van der Waals surface area (Å²) >= 11 is 9.20. The number of ether oxygens (including phenoxy) is 1. The highest BCUT2D eigenvalue weighted by Gasteiger charge is 2.05. The van der Waals surface area contributed by atoms with Crippen molar-refractivity contribution in [2.75, 3.05) is 6.61 Å². The molecule has 0 aliphatic heterocycles. The van der Waals surface area contributed by atoms with Crippen LogP contribution in [-0.2, 0) is 11.3 Å². The lowest BCUT2D eigenvalue weighted by atomic mass is 10.1. The van der Waals surface area contributed by atoms with Crippen LogP contribution in [0, 0.1) is 0 Å². The van der Waals surface area contributed by atoms with Gasteiger partial charge in [-0.3, -0.25) is 4.79 Å². The summed E-state index contributed by atoms with van der Waals surface area (Å²) in [5, 5.41) is 0.667. The molecule has 0 saturated carbocycles. The minimum Gasteiger partial charge on any atom is -0.369 e. The van der Waals surface area contributed by atoms with E-state index < -0.39 is 0 Å². The van der Waals surface area contributed by atoms with E-state index in [1.165, 1.54) is 0 Å². The van der Waals surface area contributed by atoms with Gasteiger partial charge in [0, 0.05) is 15.1 Å². The fourth-order valence-electron chi connectivity index (χ4n) is 1.61. The first-order valence-corrected chi connectivity index (χ1v) is 6.93. The maximum absolute atomic E-state index is 11.8. The summed E-state index contributed by atoms with van der Waals surface area (Å²) in [6.07, 6.45) is 0. The number of ketones is 1. The highest BCUT2D eigenvalue weighted by atomic mass is 79.9. The third-order valence-corrected chi connectivity index (χ3v) is 3.32. The van der Waals surface area contributed by atoms with Gasteiger partial charge >= 0.3 is 0 Å². The Hall–Kier alpha value is -1.16. The highest BCUT2D eigenvalue weighted by Crippen LogP contribution is 2.13. The second-order valence-electron chi connectivity index (χ2n) is 4.05. The summed E-state index contributed by atoms with van der Waals surface area (Å²) < 4.78 is 6.35. The van der Waals surface area contributed by atoms with Crippen LogP contribution in [-0.4, -0.2) is 12.4 Å². The van der Waals surface area contributed by atoms with Crippen LogP contribution in [0.15, 0.2) is 53.0 Å². The SMILES string of the molecule is O=C(COCc1cccc(Cl)c1)c1ccc(Br)cc1. The maximum Gasteiger partial charge on any atom is 0.188 e. The normalized spacial score (nSPS) is 10.4. The first-order chi connectivity index (χ1) is 9.15. The molecular weight excluding hydrogens is 328 g/mol. The van der Waals surface area contributed by atoms with Gasteiger partial charge in [0.25, 0.3) is 0 Å². The van der Waals surface area contributed by atoms with Crippen LogP contribution < -0.4 is 0 Å². The smallest absolute Gasteiger partial charge is 0.188 e. The molecule has 0 radical (unpaired) electrons. The van der Waals surface area contributed by atoms with Gasteiger partial charge < -0.3 is 4.74 Å². The minimum atomic E-state index is -0.0328. The number of hydrogen-bond acceptors (Lipinski definition) is 2. The maximum atomic E-state index is 11.8. The summed E-state index contributed by atoms with van der Waals surface area (Å²) in [4.78, 5) is 11.8. The van der Waals surface area contributed by atoms with Crippen molar-refractivity contribution >= 4 is 33.3 Å². The number of Topliss-reactive ketones (excluding diaryl/α,β-unsaturated/α-hetero) is 1. The van der Waals surface area contributed by atoms with Gasteiger partial charge in [-0.2, -0.15) is 0 Å². The lowest BCUT2D eigenvalue weighted by Crippen LogP contribution is -2.08. The molecule has 98 valence electrons. The molecule has 2 aromatic rings. The largest absolute Gasteiger partial charge is 0.369 e. The predicted molar refractivity (Wildman–Crippen MR) is 79.6 cm³/mol. The zero-order valence-electron chi connectivity index (χ0n) is 10.1. The van der Waals surface area contributed by atoms with Crippen LogP contribution in [0.1, 0.15) is 15.9 Å². The molecule has 0 aromatic heterocycles. The summed E-state index contributed by atoms with van der Waals surface area (Å²) in [5.41, 5.74) is 1.60. The Morgan fingerprint density at radius 1 is 1.16 bits per heavy atom. The van der Waals surface area contributed by atoms with Gasteiger partial charge in [-0.25, -0.2) is 0 Å². The number of carbonyl (C=O) groups excluding carboxylic acids is 1. The first-order valence-electron chi connectivity index (χ1n) is 5.76. The van der Waals surface area contributed by atoms with Gasteiger partial charge in [0.1, 0.15) is 6.61 Å². The quantitative estimate of drug-likeness (QED) is 0.750. The van der Waals surface area contributed by atoms with Crippen molar-refractivity contribution in [3.8, 4) is 0 Å². The number of hydrogen-bond donors (Lipinski definition) is 0. The zero-order chi connectivity index (χ0) is 13.7. The zero-order valence-corrected chi connectivity index (χ0v) is 12.4. The molecule has 0 aliphatic rings. The molecule has 4 heteroatoms. The summed E-state index contributed by atoms with van der Waals surface area (Å²) in [5.74, 6) is -0.0328. The lowest BCUT2D eigenvalue weighted by molar-refractivity contribution is 0.0726. The average molecular weight is 340 g/mol. The number of rotatable bonds is 5. The van der Waals surface area contributed by atoms with E-state index in [4.69, 9.17) is 16.3 Å². The molecule has 2 rings (SSSR count). The molecular formula is C15H12BrClO2. The van der Waals surface area contributed by atoms with Crippen molar-refractivity contribution in [3.05, 3.63) is 69.2 Å². The number of carbonyl (C=O) groups is 1. The molecule has 0 atom stereocenters. The lowest BCUT2D eigenvalue weighted by Gasteiger charge is -2.04. The monoisotopic (exact) mass is 338 g/mol. The number of benzene rings is 2. The van der Waals surface area contributed by atoms with E-state index in [2.05, 4.69) is 15.9 Å². The summed E-state index contributed by atoms with van der Waals surface area (Å²) in [7, 11) is 0. The van der Waals surface area contributed by atoms with Crippen LogP contribution in [0.4, 0.5) is 0 Å². The molecule has 2 nitrogen and oxygen atoms in total. The first kappa shape index (κ1) is 14.3. The van der Waals surface area contributed by atoms with Gasteiger partial charge in [0.2, 0.25) is 0 Å². The molecule has 0 saturated heterocycles. The molecule has 2 aromatic carbocycles. The van der Waals surface area contributed by atoms with Crippen molar-refractivity contribution < 1.29 is 9.53 Å². The van der Waals surface area contributed by atoms with Crippen LogP contribution in [0.2, 0.25) is 5.02 Å². The fourth-order valence-corrected chi connectivity index (χ4v) is 2.08. The molecule has 0 bridgehead atoms. The Morgan fingerprint density at radius 3 is 2.58 bits per heavy atom. The Kier molecular flexibility index (Phi) is 5.14. The topological polar surface area (TPSA) is 26.3 Å². The van der Waals surface area contributed by atoms with E-state index in [0.29, 0.717) is 17.2 Å². The average Bonchev–Trinajstić information content (AvgIpc) is 2.39. The predicted octanol–water partition coefficient (Wildman–Crippen LogP) is 4.50. The van der Waals surface area contributed by atoms with E-state index in [9.17, 15) is 4.79 Å².